The Hall–Kier alpha value is -2.14. The molecular weight excluding hydrogens is 300 g/mol. The number of hydrogen-bond acceptors (Lipinski definition) is 3. The van der Waals surface area contributed by atoms with E-state index in [1.165, 1.54) is 11.3 Å². The van der Waals surface area contributed by atoms with Gasteiger partial charge in [-0.05, 0) is 45.6 Å². The van der Waals surface area contributed by atoms with Crippen molar-refractivity contribution in [2.24, 2.45) is 5.73 Å². The Morgan fingerprint density at radius 3 is 2.67 bits per heavy atom. The number of fused-ring (bicyclic) bond motifs is 1. The minimum Gasteiger partial charge on any atom is -0.368 e. The number of amides is 1. The van der Waals surface area contributed by atoms with Crippen LogP contribution in [-0.2, 0) is 16.8 Å². The summed E-state index contributed by atoms with van der Waals surface area (Å²) in [5.74, 6) is -0.350. The molecule has 0 fully saturated rings. The smallest absolute Gasteiger partial charge is 0.239 e. The van der Waals surface area contributed by atoms with Crippen LogP contribution in [0.1, 0.15) is 62.5 Å². The lowest BCUT2D eigenvalue weighted by Crippen LogP contribution is -2.37. The Kier molecular flexibility index (Phi) is 4.45. The first-order valence-corrected chi connectivity index (χ1v) is 8.55. The van der Waals surface area contributed by atoms with Crippen LogP contribution in [0.4, 0.5) is 0 Å². The minimum absolute atomic E-state index is 0.0437. The largest absolute Gasteiger partial charge is 0.368 e. The molecule has 24 heavy (non-hydrogen) atoms. The molecule has 2 aromatic rings. The summed E-state index contributed by atoms with van der Waals surface area (Å²) in [5.41, 5.74) is 8.98. The van der Waals surface area contributed by atoms with E-state index in [1.54, 1.807) is 0 Å². The quantitative estimate of drug-likeness (QED) is 0.907. The summed E-state index contributed by atoms with van der Waals surface area (Å²) in [6.45, 7) is 6.48. The number of nitrogens with two attached hydrogens (primary N) is 1. The van der Waals surface area contributed by atoms with Gasteiger partial charge in [0.15, 0.2) is 0 Å². The van der Waals surface area contributed by atoms with Crippen molar-refractivity contribution in [2.75, 3.05) is 0 Å². The summed E-state index contributed by atoms with van der Waals surface area (Å²) in [6, 6.07) is 9.28. The fourth-order valence-electron chi connectivity index (χ4n) is 3.50. The number of nitrogens with one attached hydrogen (secondary N) is 1. The third-order valence-corrected chi connectivity index (χ3v) is 4.60. The molecule has 5 nitrogen and oxygen atoms in total. The molecule has 2 unspecified atom stereocenters. The molecular formula is C19H26N4O. The fraction of sp³-hybridized carbons (Fsp3) is 0.474. The molecule has 3 rings (SSSR count). The van der Waals surface area contributed by atoms with Gasteiger partial charge in [0.1, 0.15) is 6.04 Å². The van der Waals surface area contributed by atoms with Crippen LogP contribution >= 0.6 is 0 Å². The van der Waals surface area contributed by atoms with Crippen molar-refractivity contribution in [3.05, 3.63) is 53.3 Å². The van der Waals surface area contributed by atoms with Crippen LogP contribution in [-0.4, -0.2) is 15.7 Å². The van der Waals surface area contributed by atoms with E-state index in [4.69, 9.17) is 5.73 Å². The van der Waals surface area contributed by atoms with E-state index < -0.39 is 6.04 Å². The molecule has 1 aliphatic rings. The standard InChI is InChI=1S/C19H26N4O/c1-19(2,3)23-16-11-7-10-15(14(16)12-21-23)22-17(18(20)24)13-8-5-4-6-9-13/h4-6,8-9,12,15,17,22H,7,10-11H2,1-3H3,(H2,20,24). The molecule has 0 saturated carbocycles. The summed E-state index contributed by atoms with van der Waals surface area (Å²) < 4.78 is 2.11. The summed E-state index contributed by atoms with van der Waals surface area (Å²) in [7, 11) is 0. The van der Waals surface area contributed by atoms with Crippen molar-refractivity contribution in [3.8, 4) is 0 Å². The Labute approximate surface area is 143 Å². The molecule has 1 aromatic heterocycles. The topological polar surface area (TPSA) is 72.9 Å². The number of benzene rings is 1. The molecule has 2 atom stereocenters. The molecule has 0 aliphatic heterocycles. The highest BCUT2D eigenvalue weighted by molar-refractivity contribution is 5.81. The number of rotatable bonds is 4. The predicted molar refractivity (Wildman–Crippen MR) is 94.4 cm³/mol. The average Bonchev–Trinajstić information content (AvgIpc) is 2.98. The lowest BCUT2D eigenvalue weighted by molar-refractivity contribution is -0.120. The average molecular weight is 326 g/mol. The van der Waals surface area contributed by atoms with Crippen molar-refractivity contribution in [1.29, 1.82) is 0 Å². The lowest BCUT2D eigenvalue weighted by Gasteiger charge is -2.30. The SMILES string of the molecule is CC(C)(C)n1ncc2c1CCCC2NC(C(N)=O)c1ccccc1. The number of hydrogen-bond donors (Lipinski definition) is 2. The zero-order valence-electron chi connectivity index (χ0n) is 14.6. The third-order valence-electron chi connectivity index (χ3n) is 4.60. The number of nitrogens with zero attached hydrogens (tertiary/aromatic N) is 2. The van der Waals surface area contributed by atoms with Gasteiger partial charge in [-0.3, -0.25) is 14.8 Å². The first kappa shape index (κ1) is 16.7. The molecule has 1 heterocycles. The monoisotopic (exact) mass is 326 g/mol. The summed E-state index contributed by atoms with van der Waals surface area (Å²) in [6.07, 6.45) is 5.03. The van der Waals surface area contributed by atoms with E-state index in [0.29, 0.717) is 0 Å². The van der Waals surface area contributed by atoms with Crippen molar-refractivity contribution in [2.45, 2.75) is 57.7 Å². The maximum absolute atomic E-state index is 12.0. The summed E-state index contributed by atoms with van der Waals surface area (Å²) >= 11 is 0. The normalized spacial score (nSPS) is 18.9. The van der Waals surface area contributed by atoms with Crippen LogP contribution in [0.25, 0.3) is 0 Å². The Balaban J connectivity index is 1.89. The number of carbonyl (C=O) groups is 1. The maximum atomic E-state index is 12.0. The number of aromatic nitrogens is 2. The summed E-state index contributed by atoms with van der Waals surface area (Å²) in [4.78, 5) is 12.0. The lowest BCUT2D eigenvalue weighted by atomic mass is 9.91. The van der Waals surface area contributed by atoms with E-state index >= 15 is 0 Å². The van der Waals surface area contributed by atoms with Gasteiger partial charge in [0, 0.05) is 17.3 Å². The van der Waals surface area contributed by atoms with E-state index in [0.717, 1.165) is 24.8 Å². The molecule has 0 spiro atoms. The predicted octanol–water partition coefficient (Wildman–Crippen LogP) is 2.83. The van der Waals surface area contributed by atoms with Gasteiger partial charge >= 0.3 is 0 Å². The van der Waals surface area contributed by atoms with Gasteiger partial charge in [0.25, 0.3) is 0 Å². The maximum Gasteiger partial charge on any atom is 0.239 e. The third kappa shape index (κ3) is 3.22. The van der Waals surface area contributed by atoms with Gasteiger partial charge < -0.3 is 5.73 Å². The van der Waals surface area contributed by atoms with Crippen molar-refractivity contribution in [1.82, 2.24) is 15.1 Å². The number of carbonyl (C=O) groups excluding carboxylic acids is 1. The molecule has 1 aliphatic carbocycles. The highest BCUT2D eigenvalue weighted by atomic mass is 16.1. The molecule has 3 N–H and O–H groups in total. The van der Waals surface area contributed by atoms with Gasteiger partial charge in [-0.2, -0.15) is 5.10 Å². The van der Waals surface area contributed by atoms with Gasteiger partial charge in [0.2, 0.25) is 5.91 Å². The minimum atomic E-state index is -0.486. The number of primary amides is 1. The molecule has 128 valence electrons. The molecule has 1 amide bonds. The van der Waals surface area contributed by atoms with E-state index in [2.05, 4.69) is 35.9 Å². The van der Waals surface area contributed by atoms with Crippen LogP contribution in [0.15, 0.2) is 36.5 Å². The van der Waals surface area contributed by atoms with Crippen LogP contribution in [0.5, 0.6) is 0 Å². The first-order chi connectivity index (χ1) is 11.4. The van der Waals surface area contributed by atoms with E-state index in [-0.39, 0.29) is 17.5 Å². The van der Waals surface area contributed by atoms with Gasteiger partial charge in [-0.1, -0.05) is 30.3 Å². The highest BCUT2D eigenvalue weighted by Crippen LogP contribution is 2.33. The second-order valence-electron chi connectivity index (χ2n) is 7.49. The van der Waals surface area contributed by atoms with E-state index in [9.17, 15) is 4.79 Å². The highest BCUT2D eigenvalue weighted by Gasteiger charge is 2.30. The second kappa shape index (κ2) is 6.40. The second-order valence-corrected chi connectivity index (χ2v) is 7.49. The fourth-order valence-corrected chi connectivity index (χ4v) is 3.50. The van der Waals surface area contributed by atoms with Crippen LogP contribution in [0, 0.1) is 0 Å². The van der Waals surface area contributed by atoms with E-state index in [1.807, 2.05) is 36.5 Å². The van der Waals surface area contributed by atoms with Crippen LogP contribution < -0.4 is 11.1 Å². The van der Waals surface area contributed by atoms with Gasteiger partial charge in [-0.15, -0.1) is 0 Å². The molecule has 0 saturated heterocycles. The Morgan fingerprint density at radius 2 is 2.04 bits per heavy atom. The molecule has 0 bridgehead atoms. The van der Waals surface area contributed by atoms with Gasteiger partial charge in [-0.25, -0.2) is 0 Å². The molecule has 1 aromatic carbocycles. The van der Waals surface area contributed by atoms with Crippen molar-refractivity contribution in [3.63, 3.8) is 0 Å². The molecule has 5 heteroatoms. The van der Waals surface area contributed by atoms with Crippen molar-refractivity contribution < 1.29 is 4.79 Å². The first-order valence-electron chi connectivity index (χ1n) is 8.55. The molecule has 0 radical (unpaired) electrons. The van der Waals surface area contributed by atoms with Gasteiger partial charge in [0.05, 0.1) is 11.7 Å². The zero-order valence-corrected chi connectivity index (χ0v) is 14.6. The summed E-state index contributed by atoms with van der Waals surface area (Å²) in [5, 5.41) is 8.07. The van der Waals surface area contributed by atoms with Crippen molar-refractivity contribution >= 4 is 5.91 Å². The Bertz CT molecular complexity index is 715. The van der Waals surface area contributed by atoms with Crippen LogP contribution in [0.3, 0.4) is 0 Å². The zero-order chi connectivity index (χ0) is 17.3. The Morgan fingerprint density at radius 1 is 1.33 bits per heavy atom. The van der Waals surface area contributed by atoms with Crippen LogP contribution in [0.2, 0.25) is 0 Å².